The van der Waals surface area contributed by atoms with Crippen molar-refractivity contribution in [2.75, 3.05) is 51.0 Å². The third-order valence-corrected chi connectivity index (χ3v) is 6.55. The zero-order valence-corrected chi connectivity index (χ0v) is 23.3. The number of halogens is 1. The lowest BCUT2D eigenvalue weighted by Gasteiger charge is -2.13. The van der Waals surface area contributed by atoms with Gasteiger partial charge in [0, 0.05) is 35.2 Å². The Labute approximate surface area is 227 Å². The molecule has 3 N–H and O–H groups in total. The molecule has 0 radical (unpaired) electrons. The second kappa shape index (κ2) is 14.0. The predicted octanol–water partition coefficient (Wildman–Crippen LogP) is 7.33. The predicted molar refractivity (Wildman–Crippen MR) is 161 cm³/mol. The van der Waals surface area contributed by atoms with E-state index in [-0.39, 0.29) is 12.4 Å². The standard InChI is InChI=1S/C31H39N3O2.ClH/c1-22-16-24-8-10-26(35-3)20-28(24)30(18-22)33-14-6-5-12-32-13-7-15-34-31-19-23(2)17-25-9-11-27(36-4)21-29(25)31;/h8-11,16-21,32-34H,5-7,12-15H2,1-4H3;1H. The first kappa shape index (κ1) is 28.4. The van der Waals surface area contributed by atoms with Gasteiger partial charge in [-0.3, -0.25) is 0 Å². The maximum absolute atomic E-state index is 5.42. The van der Waals surface area contributed by atoms with Crippen molar-refractivity contribution in [3.05, 3.63) is 71.8 Å². The highest BCUT2D eigenvalue weighted by atomic mass is 35.5. The maximum Gasteiger partial charge on any atom is 0.119 e. The highest BCUT2D eigenvalue weighted by molar-refractivity contribution is 5.96. The van der Waals surface area contributed by atoms with Crippen LogP contribution in [0.5, 0.6) is 11.5 Å². The van der Waals surface area contributed by atoms with Crippen LogP contribution in [0.1, 0.15) is 30.4 Å². The number of methoxy groups -OCH3 is 2. The molecule has 0 heterocycles. The number of anilines is 2. The van der Waals surface area contributed by atoms with E-state index in [1.165, 1.54) is 44.0 Å². The zero-order valence-electron chi connectivity index (χ0n) is 22.4. The number of hydrogen-bond donors (Lipinski definition) is 3. The van der Waals surface area contributed by atoms with Crippen LogP contribution in [0.4, 0.5) is 11.4 Å². The molecule has 4 rings (SSSR count). The van der Waals surface area contributed by atoms with Crippen molar-refractivity contribution in [1.82, 2.24) is 5.32 Å². The van der Waals surface area contributed by atoms with Gasteiger partial charge in [-0.25, -0.2) is 0 Å². The molecule has 0 saturated heterocycles. The number of nitrogens with one attached hydrogen (secondary N) is 3. The fraction of sp³-hybridized carbons (Fsp3) is 0.355. The SMILES string of the molecule is COc1ccc2cc(C)cc(NCCCCNCCCNc3cc(C)cc4ccc(OC)cc34)c2c1.Cl. The van der Waals surface area contributed by atoms with Gasteiger partial charge >= 0.3 is 0 Å². The largest absolute Gasteiger partial charge is 0.497 e. The van der Waals surface area contributed by atoms with Gasteiger partial charge in [0.15, 0.2) is 0 Å². The molecule has 4 aromatic carbocycles. The summed E-state index contributed by atoms with van der Waals surface area (Å²) in [5.41, 5.74) is 4.89. The van der Waals surface area contributed by atoms with Crippen molar-refractivity contribution in [3.63, 3.8) is 0 Å². The van der Waals surface area contributed by atoms with Crippen LogP contribution in [-0.2, 0) is 0 Å². The van der Waals surface area contributed by atoms with Crippen molar-refractivity contribution < 1.29 is 9.47 Å². The molecule has 0 aliphatic heterocycles. The van der Waals surface area contributed by atoms with Crippen molar-refractivity contribution >= 4 is 45.3 Å². The summed E-state index contributed by atoms with van der Waals surface area (Å²) in [6.45, 7) is 8.23. The smallest absolute Gasteiger partial charge is 0.119 e. The Morgan fingerprint density at radius 1 is 0.568 bits per heavy atom. The van der Waals surface area contributed by atoms with Gasteiger partial charge in [-0.1, -0.05) is 24.3 Å². The Morgan fingerprint density at radius 2 is 1.03 bits per heavy atom. The van der Waals surface area contributed by atoms with Crippen LogP contribution in [0.2, 0.25) is 0 Å². The molecule has 6 heteroatoms. The fourth-order valence-corrected chi connectivity index (χ4v) is 4.68. The summed E-state index contributed by atoms with van der Waals surface area (Å²) in [4.78, 5) is 0. The van der Waals surface area contributed by atoms with Crippen molar-refractivity contribution in [2.45, 2.75) is 33.1 Å². The first-order chi connectivity index (χ1) is 17.6. The topological polar surface area (TPSA) is 54.5 Å². The molecule has 198 valence electrons. The third-order valence-electron chi connectivity index (χ3n) is 6.55. The fourth-order valence-electron chi connectivity index (χ4n) is 4.68. The molecule has 0 amide bonds. The normalized spacial score (nSPS) is 10.8. The molecule has 0 aliphatic rings. The van der Waals surface area contributed by atoms with E-state index in [0.29, 0.717) is 0 Å². The molecule has 0 fully saturated rings. The van der Waals surface area contributed by atoms with Crippen molar-refractivity contribution in [2.24, 2.45) is 0 Å². The van der Waals surface area contributed by atoms with Crippen molar-refractivity contribution in [1.29, 1.82) is 0 Å². The van der Waals surface area contributed by atoms with E-state index in [1.54, 1.807) is 14.2 Å². The van der Waals surface area contributed by atoms with Crippen LogP contribution >= 0.6 is 12.4 Å². The van der Waals surface area contributed by atoms with E-state index in [1.807, 2.05) is 12.1 Å². The van der Waals surface area contributed by atoms with Crippen LogP contribution in [-0.4, -0.2) is 40.4 Å². The van der Waals surface area contributed by atoms with Gasteiger partial charge in [0.2, 0.25) is 0 Å². The summed E-state index contributed by atoms with van der Waals surface area (Å²) in [7, 11) is 3.43. The number of aryl methyl sites for hydroxylation is 2. The minimum atomic E-state index is 0. The number of ether oxygens (including phenoxy) is 2. The third kappa shape index (κ3) is 7.67. The Bertz CT molecular complexity index is 1210. The molecule has 0 aromatic heterocycles. The molecule has 0 unspecified atom stereocenters. The summed E-state index contributed by atoms with van der Waals surface area (Å²) in [5.74, 6) is 1.78. The molecule has 5 nitrogen and oxygen atoms in total. The highest BCUT2D eigenvalue weighted by Crippen LogP contribution is 2.30. The maximum atomic E-state index is 5.42. The second-order valence-corrected chi connectivity index (χ2v) is 9.46. The Balaban J connectivity index is 0.00000380. The second-order valence-electron chi connectivity index (χ2n) is 9.46. The molecular formula is C31H40ClN3O2. The van der Waals surface area contributed by atoms with Gasteiger partial charge in [0.05, 0.1) is 14.2 Å². The molecular weight excluding hydrogens is 482 g/mol. The molecule has 37 heavy (non-hydrogen) atoms. The van der Waals surface area contributed by atoms with Crippen LogP contribution in [0.3, 0.4) is 0 Å². The highest BCUT2D eigenvalue weighted by Gasteiger charge is 2.06. The lowest BCUT2D eigenvalue weighted by Crippen LogP contribution is -2.20. The number of benzene rings is 4. The average molecular weight is 522 g/mol. The van der Waals surface area contributed by atoms with Crippen LogP contribution in [0, 0.1) is 13.8 Å². The van der Waals surface area contributed by atoms with Crippen LogP contribution in [0.15, 0.2) is 60.7 Å². The number of fused-ring (bicyclic) bond motifs is 2. The number of hydrogen-bond acceptors (Lipinski definition) is 5. The van der Waals surface area contributed by atoms with E-state index in [0.717, 1.165) is 56.9 Å². The molecule has 0 saturated carbocycles. The van der Waals surface area contributed by atoms with Crippen molar-refractivity contribution in [3.8, 4) is 11.5 Å². The zero-order chi connectivity index (χ0) is 25.3. The van der Waals surface area contributed by atoms with Gasteiger partial charge in [0.1, 0.15) is 11.5 Å². The molecule has 0 aliphatic carbocycles. The summed E-state index contributed by atoms with van der Waals surface area (Å²) < 4.78 is 10.8. The average Bonchev–Trinajstić information content (AvgIpc) is 2.88. The lowest BCUT2D eigenvalue weighted by atomic mass is 10.0. The lowest BCUT2D eigenvalue weighted by molar-refractivity contribution is 0.415. The molecule has 0 spiro atoms. The molecule has 4 aromatic rings. The Hall–Kier alpha value is -3.15. The van der Waals surface area contributed by atoms with E-state index >= 15 is 0 Å². The number of rotatable bonds is 13. The molecule has 0 atom stereocenters. The van der Waals surface area contributed by atoms with E-state index in [9.17, 15) is 0 Å². The van der Waals surface area contributed by atoms with Crippen LogP contribution < -0.4 is 25.4 Å². The van der Waals surface area contributed by atoms with Gasteiger partial charge < -0.3 is 25.4 Å². The van der Waals surface area contributed by atoms with Gasteiger partial charge in [-0.2, -0.15) is 0 Å². The first-order valence-corrected chi connectivity index (χ1v) is 12.9. The number of unbranched alkanes of at least 4 members (excludes halogenated alkanes) is 1. The Kier molecular flexibility index (Phi) is 10.7. The Morgan fingerprint density at radius 3 is 1.54 bits per heavy atom. The summed E-state index contributed by atoms with van der Waals surface area (Å²) in [6, 6.07) is 21.4. The first-order valence-electron chi connectivity index (χ1n) is 12.9. The van der Waals surface area contributed by atoms with Gasteiger partial charge in [0.25, 0.3) is 0 Å². The van der Waals surface area contributed by atoms with E-state index in [4.69, 9.17) is 9.47 Å². The minimum absolute atomic E-state index is 0. The quantitative estimate of drug-likeness (QED) is 0.161. The monoisotopic (exact) mass is 521 g/mol. The molecule has 0 bridgehead atoms. The van der Waals surface area contributed by atoms with Crippen LogP contribution in [0.25, 0.3) is 21.5 Å². The van der Waals surface area contributed by atoms with Gasteiger partial charge in [-0.15, -0.1) is 12.4 Å². The summed E-state index contributed by atoms with van der Waals surface area (Å²) >= 11 is 0. The van der Waals surface area contributed by atoms with Gasteiger partial charge in [-0.05, 0) is 104 Å². The van der Waals surface area contributed by atoms with E-state index < -0.39 is 0 Å². The van der Waals surface area contributed by atoms with E-state index in [2.05, 4.69) is 78.3 Å². The summed E-state index contributed by atoms with van der Waals surface area (Å²) in [5, 5.41) is 15.7. The summed E-state index contributed by atoms with van der Waals surface area (Å²) in [6.07, 6.45) is 3.35. The minimum Gasteiger partial charge on any atom is -0.497 e.